The van der Waals surface area contributed by atoms with Gasteiger partial charge in [-0.2, -0.15) is 4.98 Å². The van der Waals surface area contributed by atoms with Crippen molar-refractivity contribution in [2.75, 3.05) is 64.8 Å². The van der Waals surface area contributed by atoms with Crippen LogP contribution in [0, 0.1) is 0 Å². The summed E-state index contributed by atoms with van der Waals surface area (Å²) in [6.07, 6.45) is 0.885. The van der Waals surface area contributed by atoms with E-state index in [0.717, 1.165) is 19.6 Å². The summed E-state index contributed by atoms with van der Waals surface area (Å²) in [6.45, 7) is 7.89. The van der Waals surface area contributed by atoms with Gasteiger partial charge in [-0.3, -0.25) is 9.69 Å². The van der Waals surface area contributed by atoms with Crippen LogP contribution in [-0.2, 0) is 17.9 Å². The van der Waals surface area contributed by atoms with Crippen LogP contribution in [0.1, 0.15) is 35.3 Å². The second kappa shape index (κ2) is 17.6. The highest BCUT2D eigenvalue weighted by atomic mass is 16.6. The Morgan fingerprint density at radius 1 is 0.833 bits per heavy atom. The first-order valence-corrected chi connectivity index (χ1v) is 15.7. The van der Waals surface area contributed by atoms with E-state index in [1.165, 1.54) is 4.90 Å². The van der Waals surface area contributed by atoms with Crippen LogP contribution >= 0.6 is 0 Å². The van der Waals surface area contributed by atoms with E-state index < -0.39 is 6.09 Å². The minimum atomic E-state index is -0.666. The van der Waals surface area contributed by atoms with Crippen molar-refractivity contribution in [2.45, 2.75) is 27.0 Å². The van der Waals surface area contributed by atoms with E-state index in [1.54, 1.807) is 93.1 Å². The molecule has 48 heavy (non-hydrogen) atoms. The van der Waals surface area contributed by atoms with Crippen LogP contribution in [0.2, 0.25) is 0 Å². The third kappa shape index (κ3) is 9.43. The average Bonchev–Trinajstić information content (AvgIpc) is 3.11. The zero-order valence-corrected chi connectivity index (χ0v) is 28.4. The summed E-state index contributed by atoms with van der Waals surface area (Å²) in [5.74, 6) is 2.01. The lowest BCUT2D eigenvalue weighted by molar-refractivity contribution is 0.0779. The normalized spacial score (nSPS) is 10.8. The SMILES string of the molecule is CCN(CC)CCN(C)C(=O)c1ccc(Nc2nccc(N(Cc3cc(OC)ccc3OC)C(=O)Oc3ccccc3COC)n2)cc1. The Morgan fingerprint density at radius 3 is 2.27 bits per heavy atom. The molecule has 2 amide bonds. The molecule has 4 rings (SSSR count). The molecule has 12 nitrogen and oxygen atoms in total. The Hall–Kier alpha value is -5.20. The summed E-state index contributed by atoms with van der Waals surface area (Å²) < 4.78 is 22.2. The zero-order valence-electron chi connectivity index (χ0n) is 28.4. The molecule has 1 aromatic heterocycles. The molecule has 1 heterocycles. The minimum absolute atomic E-state index is 0.0545. The number of anilines is 3. The molecule has 0 aliphatic heterocycles. The highest BCUT2D eigenvalue weighted by Crippen LogP contribution is 2.29. The number of amides is 2. The maximum absolute atomic E-state index is 13.8. The number of likely N-dealkylation sites (N-methyl/N-ethyl adjacent to an activating group) is 2. The second-order valence-electron chi connectivity index (χ2n) is 10.9. The summed E-state index contributed by atoms with van der Waals surface area (Å²) in [5.41, 5.74) is 2.64. The average molecular weight is 657 g/mol. The number of ether oxygens (including phenoxy) is 4. The molecule has 4 aromatic rings. The van der Waals surface area contributed by atoms with Gasteiger partial charge < -0.3 is 34.1 Å². The van der Waals surface area contributed by atoms with Crippen LogP contribution in [0.25, 0.3) is 0 Å². The van der Waals surface area contributed by atoms with E-state index >= 15 is 0 Å². The largest absolute Gasteiger partial charge is 0.497 e. The van der Waals surface area contributed by atoms with Gasteiger partial charge in [0.25, 0.3) is 5.91 Å². The molecule has 12 heteroatoms. The lowest BCUT2D eigenvalue weighted by Gasteiger charge is -2.23. The summed E-state index contributed by atoms with van der Waals surface area (Å²) >= 11 is 0. The molecule has 0 saturated carbocycles. The zero-order chi connectivity index (χ0) is 34.5. The fraction of sp³-hybridized carbons (Fsp3) is 0.333. The van der Waals surface area contributed by atoms with E-state index in [2.05, 4.69) is 34.0 Å². The summed E-state index contributed by atoms with van der Waals surface area (Å²) in [7, 11) is 6.52. The Labute approximate surface area is 282 Å². The van der Waals surface area contributed by atoms with Crippen molar-refractivity contribution in [3.63, 3.8) is 0 Å². The van der Waals surface area contributed by atoms with Gasteiger partial charge in [0.05, 0.1) is 27.4 Å². The molecule has 0 spiro atoms. The Balaban J connectivity index is 1.57. The topological polar surface area (TPSA) is 119 Å². The quantitative estimate of drug-likeness (QED) is 0.154. The van der Waals surface area contributed by atoms with Gasteiger partial charge in [0.1, 0.15) is 23.1 Å². The highest BCUT2D eigenvalue weighted by Gasteiger charge is 2.24. The van der Waals surface area contributed by atoms with Crippen LogP contribution in [-0.4, -0.2) is 86.3 Å². The van der Waals surface area contributed by atoms with E-state index in [1.807, 2.05) is 19.2 Å². The number of para-hydroxylation sites is 1. The molecule has 0 atom stereocenters. The van der Waals surface area contributed by atoms with Gasteiger partial charge in [0.2, 0.25) is 5.95 Å². The van der Waals surface area contributed by atoms with E-state index in [9.17, 15) is 9.59 Å². The number of nitrogens with zero attached hydrogens (tertiary/aromatic N) is 5. The van der Waals surface area contributed by atoms with E-state index in [4.69, 9.17) is 18.9 Å². The van der Waals surface area contributed by atoms with Gasteiger partial charge in [-0.15, -0.1) is 0 Å². The van der Waals surface area contributed by atoms with E-state index in [-0.39, 0.29) is 30.8 Å². The number of carbonyl (C=O) groups is 2. The number of methoxy groups -OCH3 is 3. The molecule has 0 bridgehead atoms. The monoisotopic (exact) mass is 656 g/mol. The molecule has 3 aromatic carbocycles. The van der Waals surface area contributed by atoms with Gasteiger partial charge in [-0.1, -0.05) is 32.0 Å². The highest BCUT2D eigenvalue weighted by molar-refractivity contribution is 5.94. The number of nitrogens with one attached hydrogen (secondary N) is 1. The molecule has 1 N–H and O–H groups in total. The smallest absolute Gasteiger partial charge is 0.421 e. The van der Waals surface area contributed by atoms with Gasteiger partial charge in [0.15, 0.2) is 0 Å². The molecule has 0 fully saturated rings. The third-order valence-corrected chi connectivity index (χ3v) is 7.80. The van der Waals surface area contributed by atoms with E-state index in [0.29, 0.717) is 46.2 Å². The Bertz CT molecular complexity index is 1650. The molecule has 0 aliphatic rings. The summed E-state index contributed by atoms with van der Waals surface area (Å²) in [6, 6.07) is 21.3. The predicted octanol–water partition coefficient (Wildman–Crippen LogP) is 6.00. The van der Waals surface area contributed by atoms with Crippen molar-refractivity contribution in [3.8, 4) is 17.2 Å². The fourth-order valence-electron chi connectivity index (χ4n) is 4.98. The fourth-order valence-corrected chi connectivity index (χ4v) is 4.98. The summed E-state index contributed by atoms with van der Waals surface area (Å²) in [4.78, 5) is 41.3. The lowest BCUT2D eigenvalue weighted by Crippen LogP contribution is -2.36. The van der Waals surface area contributed by atoms with Crippen molar-refractivity contribution in [1.82, 2.24) is 19.8 Å². The third-order valence-electron chi connectivity index (χ3n) is 7.80. The molecule has 254 valence electrons. The number of aromatic nitrogens is 2. The molecular weight excluding hydrogens is 612 g/mol. The number of rotatable bonds is 16. The Kier molecular flexibility index (Phi) is 13.1. The van der Waals surface area contributed by atoms with Crippen molar-refractivity contribution >= 4 is 29.5 Å². The molecular formula is C36H44N6O6. The molecule has 0 unspecified atom stereocenters. The second-order valence-corrected chi connectivity index (χ2v) is 10.9. The van der Waals surface area contributed by atoms with Crippen molar-refractivity contribution < 1.29 is 28.5 Å². The first kappa shape index (κ1) is 35.7. The number of hydrogen-bond donors (Lipinski definition) is 1. The predicted molar refractivity (Wildman–Crippen MR) is 185 cm³/mol. The maximum atomic E-state index is 13.8. The van der Waals surface area contributed by atoms with Crippen molar-refractivity contribution in [3.05, 3.63) is 95.7 Å². The van der Waals surface area contributed by atoms with Crippen LogP contribution in [0.5, 0.6) is 17.2 Å². The van der Waals surface area contributed by atoms with Gasteiger partial charge in [0, 0.05) is 55.8 Å². The number of benzene rings is 3. The first-order valence-electron chi connectivity index (χ1n) is 15.7. The van der Waals surface area contributed by atoms with Crippen LogP contribution in [0.3, 0.4) is 0 Å². The molecule has 0 radical (unpaired) electrons. The van der Waals surface area contributed by atoms with Gasteiger partial charge in [-0.05, 0) is 67.7 Å². The molecule has 0 saturated heterocycles. The lowest BCUT2D eigenvalue weighted by atomic mass is 10.1. The number of hydrogen-bond acceptors (Lipinski definition) is 10. The maximum Gasteiger partial charge on any atom is 0.421 e. The van der Waals surface area contributed by atoms with Crippen molar-refractivity contribution in [1.29, 1.82) is 0 Å². The Morgan fingerprint density at radius 2 is 1.58 bits per heavy atom. The first-order chi connectivity index (χ1) is 23.3. The number of carbonyl (C=O) groups excluding carboxylic acids is 2. The van der Waals surface area contributed by atoms with Crippen LogP contribution < -0.4 is 24.4 Å². The summed E-state index contributed by atoms with van der Waals surface area (Å²) in [5, 5.41) is 3.18. The van der Waals surface area contributed by atoms with Gasteiger partial charge in [-0.25, -0.2) is 9.78 Å². The van der Waals surface area contributed by atoms with Crippen LogP contribution in [0.15, 0.2) is 79.0 Å². The van der Waals surface area contributed by atoms with Gasteiger partial charge >= 0.3 is 6.09 Å². The molecule has 0 aliphatic carbocycles. The van der Waals surface area contributed by atoms with Crippen LogP contribution in [0.4, 0.5) is 22.2 Å². The van der Waals surface area contributed by atoms with Crippen molar-refractivity contribution in [2.24, 2.45) is 0 Å². The minimum Gasteiger partial charge on any atom is -0.497 e. The standard InChI is InChI=1S/C36H44N6O6/c1-7-41(8-2)22-21-40(3)34(43)26-13-15-29(16-14-26)38-35-37-20-19-33(39-35)42(24-28-23-30(46-5)17-18-31(28)47-6)36(44)48-32-12-10-9-11-27(32)25-45-4/h9-20,23H,7-8,21-22,24-25H2,1-6H3,(H,37,38,39).